The first kappa shape index (κ1) is 29.9. The molecule has 0 radical (unpaired) electrons. The third-order valence-corrected chi connectivity index (χ3v) is 7.31. The standard InChI is InChI=1S/C29H32F3N3O6/c30-29(31,32)41-24-13-9-22(10-14-24)34-28(40)35(23-11-7-20(8-12-23)26(38)19-5-6-19)17-18-1-3-21(4-2-18)27(39)33-16-15-25(36)37/h1-4,9-10,13-14,19-20,23H,5-8,11-12,15-17H2,(H,33,39)(H,34,40)(H,36,37). The number of alkyl halides is 3. The van der Waals surface area contributed by atoms with Crippen molar-refractivity contribution in [2.24, 2.45) is 11.8 Å². The second-order valence-electron chi connectivity index (χ2n) is 10.4. The molecule has 220 valence electrons. The molecule has 3 N–H and O–H groups in total. The molecule has 0 atom stereocenters. The monoisotopic (exact) mass is 575 g/mol. The van der Waals surface area contributed by atoms with Crippen LogP contribution in [0.1, 0.15) is 60.9 Å². The Morgan fingerprint density at radius 2 is 1.46 bits per heavy atom. The van der Waals surface area contributed by atoms with Crippen molar-refractivity contribution in [3.63, 3.8) is 0 Å². The minimum Gasteiger partial charge on any atom is -0.481 e. The average Bonchev–Trinajstić information content (AvgIpc) is 3.77. The number of halogens is 3. The summed E-state index contributed by atoms with van der Waals surface area (Å²) >= 11 is 0. The van der Waals surface area contributed by atoms with Gasteiger partial charge in [0.25, 0.3) is 5.91 Å². The van der Waals surface area contributed by atoms with Crippen LogP contribution in [0.15, 0.2) is 48.5 Å². The largest absolute Gasteiger partial charge is 0.573 e. The van der Waals surface area contributed by atoms with Gasteiger partial charge < -0.3 is 25.4 Å². The van der Waals surface area contributed by atoms with Crippen molar-refractivity contribution in [2.45, 2.75) is 63.9 Å². The highest BCUT2D eigenvalue weighted by molar-refractivity contribution is 5.94. The normalized spacial score (nSPS) is 18.7. The van der Waals surface area contributed by atoms with Crippen LogP contribution in [0, 0.1) is 11.8 Å². The zero-order chi connectivity index (χ0) is 29.6. The molecule has 9 nitrogen and oxygen atoms in total. The smallest absolute Gasteiger partial charge is 0.481 e. The van der Waals surface area contributed by atoms with Gasteiger partial charge in [-0.15, -0.1) is 13.2 Å². The summed E-state index contributed by atoms with van der Waals surface area (Å²) in [6.45, 7) is 0.201. The summed E-state index contributed by atoms with van der Waals surface area (Å²) in [6.07, 6.45) is -0.471. The van der Waals surface area contributed by atoms with Gasteiger partial charge in [-0.1, -0.05) is 12.1 Å². The Morgan fingerprint density at radius 3 is 2.00 bits per heavy atom. The number of rotatable bonds is 11. The quantitative estimate of drug-likeness (QED) is 0.331. The van der Waals surface area contributed by atoms with E-state index in [0.29, 0.717) is 42.7 Å². The van der Waals surface area contributed by atoms with Crippen LogP contribution in [0.5, 0.6) is 5.75 Å². The molecule has 2 aromatic carbocycles. The Labute approximate surface area is 235 Å². The average molecular weight is 576 g/mol. The molecular formula is C29H32F3N3O6. The number of urea groups is 1. The van der Waals surface area contributed by atoms with Gasteiger partial charge >= 0.3 is 18.4 Å². The molecule has 2 fully saturated rings. The van der Waals surface area contributed by atoms with Crippen LogP contribution < -0.4 is 15.4 Å². The van der Waals surface area contributed by atoms with E-state index >= 15 is 0 Å². The fraction of sp³-hybridized carbons (Fsp3) is 0.448. The molecule has 0 unspecified atom stereocenters. The lowest BCUT2D eigenvalue weighted by atomic mass is 9.81. The van der Waals surface area contributed by atoms with Gasteiger partial charge in [0, 0.05) is 42.2 Å². The van der Waals surface area contributed by atoms with Crippen molar-refractivity contribution in [1.29, 1.82) is 0 Å². The number of aliphatic carboxylic acids is 1. The van der Waals surface area contributed by atoms with Crippen molar-refractivity contribution in [1.82, 2.24) is 10.2 Å². The molecule has 0 spiro atoms. The van der Waals surface area contributed by atoms with Crippen molar-refractivity contribution < 1.29 is 42.2 Å². The predicted octanol–water partition coefficient (Wildman–Crippen LogP) is 5.36. The fourth-order valence-electron chi connectivity index (χ4n) is 5.02. The summed E-state index contributed by atoms with van der Waals surface area (Å²) in [5.41, 5.74) is 1.38. The maximum atomic E-state index is 13.4. The van der Waals surface area contributed by atoms with Crippen molar-refractivity contribution >= 4 is 29.4 Å². The number of benzene rings is 2. The van der Waals surface area contributed by atoms with Gasteiger partial charge in [0.2, 0.25) is 0 Å². The summed E-state index contributed by atoms with van der Waals surface area (Å²) < 4.78 is 41.3. The third kappa shape index (κ3) is 8.95. The van der Waals surface area contributed by atoms with E-state index in [-0.39, 0.29) is 37.4 Å². The van der Waals surface area contributed by atoms with Crippen LogP contribution in [0.4, 0.5) is 23.7 Å². The van der Waals surface area contributed by atoms with Crippen molar-refractivity contribution in [3.05, 3.63) is 59.7 Å². The summed E-state index contributed by atoms with van der Waals surface area (Å²) in [5.74, 6) is -1.33. The number of Topliss-reactive ketones (excluding diaryl/α,β-unsaturated/α-hetero) is 1. The van der Waals surface area contributed by atoms with Crippen LogP contribution in [0.3, 0.4) is 0 Å². The van der Waals surface area contributed by atoms with E-state index in [4.69, 9.17) is 5.11 Å². The number of hydrogen-bond acceptors (Lipinski definition) is 5. The zero-order valence-electron chi connectivity index (χ0n) is 22.3. The van der Waals surface area contributed by atoms with E-state index in [1.54, 1.807) is 29.2 Å². The molecule has 0 bridgehead atoms. The number of carbonyl (C=O) groups excluding carboxylic acids is 3. The van der Waals surface area contributed by atoms with Crippen LogP contribution in [0.25, 0.3) is 0 Å². The molecule has 41 heavy (non-hydrogen) atoms. The number of anilines is 1. The number of carboxylic acid groups (broad SMARTS) is 1. The first-order valence-electron chi connectivity index (χ1n) is 13.5. The molecule has 3 amide bonds. The van der Waals surface area contributed by atoms with Crippen LogP contribution >= 0.6 is 0 Å². The predicted molar refractivity (Wildman–Crippen MR) is 142 cm³/mol. The number of nitrogens with one attached hydrogen (secondary N) is 2. The fourth-order valence-corrected chi connectivity index (χ4v) is 5.02. The SMILES string of the molecule is O=C(O)CCNC(=O)c1ccc(CN(C(=O)Nc2ccc(OC(F)(F)F)cc2)C2CCC(C(=O)C3CC3)CC2)cc1. The Bertz CT molecular complexity index is 1240. The molecule has 2 aromatic rings. The summed E-state index contributed by atoms with van der Waals surface area (Å²) in [5, 5.41) is 14.0. The van der Waals surface area contributed by atoms with Crippen molar-refractivity contribution in [3.8, 4) is 5.75 Å². The lowest BCUT2D eigenvalue weighted by Gasteiger charge is -2.36. The molecule has 4 rings (SSSR count). The summed E-state index contributed by atoms with van der Waals surface area (Å²) in [4.78, 5) is 50.6. The maximum Gasteiger partial charge on any atom is 0.573 e. The van der Waals surface area contributed by atoms with E-state index in [9.17, 15) is 32.3 Å². The number of amides is 3. The number of hydrogen-bond donors (Lipinski definition) is 3. The minimum absolute atomic E-state index is 0.000893. The van der Waals surface area contributed by atoms with Crippen LogP contribution in [-0.4, -0.2) is 52.6 Å². The lowest BCUT2D eigenvalue weighted by Crippen LogP contribution is -2.44. The minimum atomic E-state index is -4.82. The Balaban J connectivity index is 1.43. The highest BCUT2D eigenvalue weighted by Crippen LogP contribution is 2.38. The molecule has 12 heteroatoms. The first-order chi connectivity index (χ1) is 19.5. The Hall–Kier alpha value is -4.09. The summed E-state index contributed by atoms with van der Waals surface area (Å²) in [6, 6.07) is 10.9. The third-order valence-electron chi connectivity index (χ3n) is 7.31. The molecule has 2 saturated carbocycles. The van der Waals surface area contributed by atoms with E-state index < -0.39 is 30.0 Å². The molecule has 2 aliphatic carbocycles. The molecular weight excluding hydrogens is 543 g/mol. The number of ketones is 1. The van der Waals surface area contributed by atoms with Gasteiger partial charge in [-0.25, -0.2) is 4.79 Å². The number of carboxylic acids is 1. The van der Waals surface area contributed by atoms with Crippen molar-refractivity contribution in [2.75, 3.05) is 11.9 Å². The summed E-state index contributed by atoms with van der Waals surface area (Å²) in [7, 11) is 0. The van der Waals surface area contributed by atoms with Gasteiger partial charge in [0.05, 0.1) is 6.42 Å². The molecule has 0 aromatic heterocycles. The van der Waals surface area contributed by atoms with Gasteiger partial charge in [0.1, 0.15) is 11.5 Å². The Morgan fingerprint density at radius 1 is 0.878 bits per heavy atom. The molecule has 2 aliphatic rings. The zero-order valence-corrected chi connectivity index (χ0v) is 22.3. The highest BCUT2D eigenvalue weighted by Gasteiger charge is 2.38. The van der Waals surface area contributed by atoms with E-state index in [0.717, 1.165) is 30.5 Å². The number of ether oxygens (including phenoxy) is 1. The highest BCUT2D eigenvalue weighted by atomic mass is 19.4. The Kier molecular flexibility index (Phi) is 9.51. The number of carbonyl (C=O) groups is 4. The second kappa shape index (κ2) is 13.0. The first-order valence-corrected chi connectivity index (χ1v) is 13.5. The van der Waals surface area contributed by atoms with E-state index in [2.05, 4.69) is 15.4 Å². The maximum absolute atomic E-state index is 13.4. The van der Waals surface area contributed by atoms with Gasteiger partial charge in [0.15, 0.2) is 0 Å². The van der Waals surface area contributed by atoms with Crippen LogP contribution in [-0.2, 0) is 16.1 Å². The van der Waals surface area contributed by atoms with Crippen LogP contribution in [0.2, 0.25) is 0 Å². The number of nitrogens with zero attached hydrogens (tertiary/aromatic N) is 1. The molecule has 0 saturated heterocycles. The van der Waals surface area contributed by atoms with E-state index in [1.807, 2.05) is 0 Å². The second-order valence-corrected chi connectivity index (χ2v) is 10.4. The molecule has 0 heterocycles. The van der Waals surface area contributed by atoms with Gasteiger partial charge in [-0.05, 0) is 80.5 Å². The van der Waals surface area contributed by atoms with E-state index in [1.165, 1.54) is 12.1 Å². The lowest BCUT2D eigenvalue weighted by molar-refractivity contribution is -0.274. The topological polar surface area (TPSA) is 125 Å². The van der Waals surface area contributed by atoms with Gasteiger partial charge in [-0.2, -0.15) is 0 Å². The molecule has 0 aliphatic heterocycles. The van der Waals surface area contributed by atoms with Gasteiger partial charge in [-0.3, -0.25) is 14.4 Å².